The Morgan fingerprint density at radius 3 is 2.35 bits per heavy atom. The summed E-state index contributed by atoms with van der Waals surface area (Å²) in [6, 6.07) is 11.2. The topological polar surface area (TPSA) is 23.8 Å². The lowest BCUT2D eigenvalue weighted by atomic mass is 9.66. The average Bonchev–Trinajstić information content (AvgIpc) is 2.25. The Kier molecular flexibility index (Phi) is 3.79. The van der Waals surface area contributed by atoms with E-state index in [4.69, 9.17) is 0 Å². The molecule has 0 bridgehead atoms. The largest absolute Gasteiger partial charge is 0.198 e. The van der Waals surface area contributed by atoms with Crippen LogP contribution in [0.1, 0.15) is 38.7 Å². The van der Waals surface area contributed by atoms with Gasteiger partial charge in [-0.25, -0.2) is 0 Å². The van der Waals surface area contributed by atoms with Gasteiger partial charge in [0.05, 0.1) is 11.5 Å². The first-order chi connectivity index (χ1) is 8.13. The van der Waals surface area contributed by atoms with Crippen LogP contribution in [0.15, 0.2) is 29.2 Å². The van der Waals surface area contributed by atoms with Crippen LogP contribution in [-0.2, 0) is 6.42 Å². The molecule has 0 unspecified atom stereocenters. The van der Waals surface area contributed by atoms with E-state index in [1.165, 1.54) is 16.9 Å². The van der Waals surface area contributed by atoms with Crippen LogP contribution in [0.5, 0.6) is 0 Å². The zero-order valence-electron chi connectivity index (χ0n) is 10.6. The first kappa shape index (κ1) is 12.5. The van der Waals surface area contributed by atoms with Crippen molar-refractivity contribution in [1.82, 2.24) is 0 Å². The molecule has 0 atom stereocenters. The van der Waals surface area contributed by atoms with Crippen molar-refractivity contribution in [2.24, 2.45) is 5.41 Å². The van der Waals surface area contributed by atoms with Crippen LogP contribution in [0.4, 0.5) is 0 Å². The van der Waals surface area contributed by atoms with Gasteiger partial charge in [-0.05, 0) is 37.0 Å². The SMILES string of the molecule is CC(C)Sc1ccc(CC2(C#N)CCC2)cc1. The fraction of sp³-hybridized carbons (Fsp3) is 0.533. The van der Waals surface area contributed by atoms with Crippen molar-refractivity contribution in [2.45, 2.75) is 49.7 Å². The fourth-order valence-corrected chi connectivity index (χ4v) is 3.12. The molecular weight excluding hydrogens is 226 g/mol. The van der Waals surface area contributed by atoms with Crippen LogP contribution in [-0.4, -0.2) is 5.25 Å². The van der Waals surface area contributed by atoms with E-state index in [0.29, 0.717) is 5.25 Å². The van der Waals surface area contributed by atoms with E-state index in [1.807, 2.05) is 11.8 Å². The molecule has 0 radical (unpaired) electrons. The fourth-order valence-electron chi connectivity index (χ4n) is 2.28. The lowest BCUT2D eigenvalue weighted by Gasteiger charge is -2.35. The molecule has 1 aliphatic carbocycles. The summed E-state index contributed by atoms with van der Waals surface area (Å²) in [4.78, 5) is 1.32. The average molecular weight is 245 g/mol. The molecule has 1 nitrogen and oxygen atoms in total. The van der Waals surface area contributed by atoms with E-state index >= 15 is 0 Å². The molecule has 2 rings (SSSR count). The predicted octanol–water partition coefficient (Wildman–Crippen LogP) is 4.42. The summed E-state index contributed by atoms with van der Waals surface area (Å²) in [7, 11) is 0. The van der Waals surface area contributed by atoms with Gasteiger partial charge in [-0.1, -0.05) is 32.4 Å². The monoisotopic (exact) mass is 245 g/mol. The van der Waals surface area contributed by atoms with Crippen LogP contribution in [0.2, 0.25) is 0 Å². The van der Waals surface area contributed by atoms with Gasteiger partial charge >= 0.3 is 0 Å². The molecule has 0 N–H and O–H groups in total. The lowest BCUT2D eigenvalue weighted by molar-refractivity contribution is 0.214. The third-order valence-electron chi connectivity index (χ3n) is 3.39. The van der Waals surface area contributed by atoms with Gasteiger partial charge in [-0.15, -0.1) is 11.8 Å². The number of nitrogens with zero attached hydrogens (tertiary/aromatic N) is 1. The molecule has 0 amide bonds. The Balaban J connectivity index is 2.01. The first-order valence-electron chi connectivity index (χ1n) is 6.30. The maximum atomic E-state index is 9.22. The molecule has 1 aromatic rings. The number of benzene rings is 1. The Morgan fingerprint density at radius 1 is 1.29 bits per heavy atom. The normalized spacial score (nSPS) is 17.5. The quantitative estimate of drug-likeness (QED) is 0.733. The van der Waals surface area contributed by atoms with Crippen molar-refractivity contribution in [3.05, 3.63) is 29.8 Å². The van der Waals surface area contributed by atoms with Gasteiger partial charge in [0.15, 0.2) is 0 Å². The number of rotatable bonds is 4. The van der Waals surface area contributed by atoms with Gasteiger partial charge in [0.1, 0.15) is 0 Å². The van der Waals surface area contributed by atoms with E-state index in [9.17, 15) is 5.26 Å². The number of nitriles is 1. The van der Waals surface area contributed by atoms with Crippen LogP contribution in [0, 0.1) is 16.7 Å². The second-order valence-electron chi connectivity index (χ2n) is 5.23. The molecule has 90 valence electrons. The molecule has 0 aliphatic heterocycles. The van der Waals surface area contributed by atoms with Crippen LogP contribution in [0.25, 0.3) is 0 Å². The molecule has 1 aromatic carbocycles. The van der Waals surface area contributed by atoms with Crippen molar-refractivity contribution in [1.29, 1.82) is 5.26 Å². The predicted molar refractivity (Wildman–Crippen MR) is 73.0 cm³/mol. The summed E-state index contributed by atoms with van der Waals surface area (Å²) in [5.74, 6) is 0. The molecule has 0 saturated heterocycles. The second-order valence-corrected chi connectivity index (χ2v) is 6.88. The van der Waals surface area contributed by atoms with Gasteiger partial charge in [0.25, 0.3) is 0 Å². The molecule has 0 aromatic heterocycles. The zero-order chi connectivity index (χ0) is 12.3. The van der Waals surface area contributed by atoms with E-state index < -0.39 is 0 Å². The van der Waals surface area contributed by atoms with E-state index in [0.717, 1.165) is 19.3 Å². The van der Waals surface area contributed by atoms with E-state index in [2.05, 4.69) is 44.2 Å². The minimum absolute atomic E-state index is 0.0489. The number of hydrogen-bond acceptors (Lipinski definition) is 2. The highest BCUT2D eigenvalue weighted by Gasteiger charge is 2.36. The molecular formula is C15H19NS. The summed E-state index contributed by atoms with van der Waals surface area (Å²) < 4.78 is 0. The molecule has 1 saturated carbocycles. The molecule has 0 heterocycles. The summed E-state index contributed by atoms with van der Waals surface area (Å²) in [5, 5.41) is 9.84. The second kappa shape index (κ2) is 5.14. The summed E-state index contributed by atoms with van der Waals surface area (Å²) in [5.41, 5.74) is 1.26. The Morgan fingerprint density at radius 2 is 1.94 bits per heavy atom. The molecule has 17 heavy (non-hydrogen) atoms. The van der Waals surface area contributed by atoms with Crippen LogP contribution >= 0.6 is 11.8 Å². The molecule has 1 aliphatic rings. The summed E-state index contributed by atoms with van der Waals surface area (Å²) in [6.45, 7) is 4.41. The van der Waals surface area contributed by atoms with Gasteiger partial charge in [0, 0.05) is 10.1 Å². The number of hydrogen-bond donors (Lipinski definition) is 0. The maximum Gasteiger partial charge on any atom is 0.0693 e. The van der Waals surface area contributed by atoms with Crippen molar-refractivity contribution >= 4 is 11.8 Å². The molecule has 2 heteroatoms. The van der Waals surface area contributed by atoms with Crippen LogP contribution in [0.3, 0.4) is 0 Å². The van der Waals surface area contributed by atoms with Crippen molar-refractivity contribution in [3.8, 4) is 6.07 Å². The third-order valence-corrected chi connectivity index (χ3v) is 4.40. The van der Waals surface area contributed by atoms with E-state index in [-0.39, 0.29) is 5.41 Å². The Hall–Kier alpha value is -0.940. The van der Waals surface area contributed by atoms with Crippen LogP contribution < -0.4 is 0 Å². The van der Waals surface area contributed by atoms with Gasteiger partial charge in [-0.3, -0.25) is 0 Å². The van der Waals surface area contributed by atoms with Gasteiger partial charge in [-0.2, -0.15) is 5.26 Å². The summed E-state index contributed by atoms with van der Waals surface area (Å²) in [6.07, 6.45) is 4.29. The lowest BCUT2D eigenvalue weighted by Crippen LogP contribution is -2.29. The van der Waals surface area contributed by atoms with E-state index in [1.54, 1.807) is 0 Å². The number of thioether (sulfide) groups is 1. The highest BCUT2D eigenvalue weighted by molar-refractivity contribution is 7.99. The third kappa shape index (κ3) is 3.04. The summed E-state index contributed by atoms with van der Waals surface area (Å²) >= 11 is 1.89. The minimum atomic E-state index is -0.0489. The Labute approximate surface area is 108 Å². The highest BCUT2D eigenvalue weighted by atomic mass is 32.2. The highest BCUT2D eigenvalue weighted by Crippen LogP contribution is 2.43. The minimum Gasteiger partial charge on any atom is -0.198 e. The zero-order valence-corrected chi connectivity index (χ0v) is 11.4. The molecule has 1 fully saturated rings. The van der Waals surface area contributed by atoms with Crippen molar-refractivity contribution in [2.75, 3.05) is 0 Å². The van der Waals surface area contributed by atoms with Gasteiger partial charge < -0.3 is 0 Å². The molecule has 0 spiro atoms. The van der Waals surface area contributed by atoms with Crippen molar-refractivity contribution < 1.29 is 0 Å². The standard InChI is InChI=1S/C15H19NS/c1-12(2)17-14-6-4-13(5-7-14)10-15(11-16)8-3-9-15/h4-7,12H,3,8-10H2,1-2H3. The smallest absolute Gasteiger partial charge is 0.0693 e. The maximum absolute atomic E-state index is 9.22. The first-order valence-corrected chi connectivity index (χ1v) is 7.18. The van der Waals surface area contributed by atoms with Gasteiger partial charge in [0.2, 0.25) is 0 Å². The Bertz CT molecular complexity index is 410. The van der Waals surface area contributed by atoms with Crippen molar-refractivity contribution in [3.63, 3.8) is 0 Å².